The largest absolute Gasteiger partial charge is 0.573 e. The van der Waals surface area contributed by atoms with Crippen LogP contribution in [-0.2, 0) is 4.74 Å². The van der Waals surface area contributed by atoms with Crippen LogP contribution in [0.4, 0.5) is 19.1 Å². The lowest BCUT2D eigenvalue weighted by Gasteiger charge is -2.24. The summed E-state index contributed by atoms with van der Waals surface area (Å²) >= 11 is 0. The van der Waals surface area contributed by atoms with Gasteiger partial charge in [-0.3, -0.25) is 14.6 Å². The number of rotatable bonds is 8. The summed E-state index contributed by atoms with van der Waals surface area (Å²) < 4.78 is 45.9. The maximum absolute atomic E-state index is 12.7. The molecule has 1 aliphatic rings. The molecule has 0 aliphatic carbocycles. The highest BCUT2D eigenvalue weighted by atomic mass is 19.4. The number of aromatic amines is 1. The molecule has 1 saturated heterocycles. The van der Waals surface area contributed by atoms with Crippen LogP contribution in [0.1, 0.15) is 34.9 Å². The summed E-state index contributed by atoms with van der Waals surface area (Å²) in [6, 6.07) is 4.85. The van der Waals surface area contributed by atoms with E-state index in [1.165, 1.54) is 12.1 Å². The van der Waals surface area contributed by atoms with Crippen LogP contribution in [-0.4, -0.2) is 60.3 Å². The molecule has 2 heterocycles. The second-order valence-corrected chi connectivity index (χ2v) is 7.22. The van der Waals surface area contributed by atoms with Gasteiger partial charge in [0.25, 0.3) is 11.5 Å². The SMILES string of the molecule is COCC1CCCN1c1nc(C(=O)N[C@H](CO)c2ccc(OC(F)(F)F)cc2)cc(=O)[nH]1. The minimum atomic E-state index is -4.83. The van der Waals surface area contributed by atoms with E-state index < -0.39 is 36.2 Å². The van der Waals surface area contributed by atoms with Gasteiger partial charge in [0.05, 0.1) is 25.3 Å². The number of H-pyrrole nitrogens is 1. The molecule has 1 aliphatic heterocycles. The molecule has 1 fully saturated rings. The lowest BCUT2D eigenvalue weighted by molar-refractivity contribution is -0.274. The monoisotopic (exact) mass is 456 g/mol. The maximum Gasteiger partial charge on any atom is 0.573 e. The van der Waals surface area contributed by atoms with Gasteiger partial charge < -0.3 is 24.8 Å². The number of hydrogen-bond donors (Lipinski definition) is 3. The Kier molecular flexibility index (Phi) is 7.36. The van der Waals surface area contributed by atoms with Gasteiger partial charge in [-0.25, -0.2) is 4.98 Å². The van der Waals surface area contributed by atoms with Crippen LogP contribution in [0.15, 0.2) is 35.1 Å². The lowest BCUT2D eigenvalue weighted by Crippen LogP contribution is -2.37. The zero-order valence-electron chi connectivity index (χ0n) is 17.2. The molecule has 2 atom stereocenters. The number of methoxy groups -OCH3 is 1. The minimum Gasteiger partial charge on any atom is -0.406 e. The van der Waals surface area contributed by atoms with E-state index in [0.29, 0.717) is 18.7 Å². The molecule has 1 aromatic heterocycles. The predicted octanol–water partition coefficient (Wildman–Crippen LogP) is 1.75. The normalized spacial score (nSPS) is 17.3. The Labute approximate surface area is 181 Å². The van der Waals surface area contributed by atoms with Crippen LogP contribution in [0, 0.1) is 0 Å². The molecular formula is C20H23F3N4O5. The number of benzene rings is 1. The molecule has 32 heavy (non-hydrogen) atoms. The van der Waals surface area contributed by atoms with E-state index >= 15 is 0 Å². The Balaban J connectivity index is 1.75. The van der Waals surface area contributed by atoms with E-state index in [1.54, 1.807) is 7.11 Å². The second kappa shape index (κ2) is 10.0. The summed E-state index contributed by atoms with van der Waals surface area (Å²) in [6.45, 7) is 0.567. The number of carbonyl (C=O) groups excluding carboxylic acids is 1. The molecule has 3 rings (SSSR count). The van der Waals surface area contributed by atoms with Gasteiger partial charge in [0.15, 0.2) is 0 Å². The number of aliphatic hydroxyl groups excluding tert-OH is 1. The van der Waals surface area contributed by atoms with Crippen molar-refractivity contribution in [2.45, 2.75) is 31.3 Å². The van der Waals surface area contributed by atoms with Crippen molar-refractivity contribution in [3.05, 3.63) is 51.9 Å². The van der Waals surface area contributed by atoms with Gasteiger partial charge in [-0.2, -0.15) is 0 Å². The molecule has 1 unspecified atom stereocenters. The highest BCUT2D eigenvalue weighted by molar-refractivity contribution is 5.92. The first-order valence-corrected chi connectivity index (χ1v) is 9.84. The summed E-state index contributed by atoms with van der Waals surface area (Å²) in [6.07, 6.45) is -3.09. The van der Waals surface area contributed by atoms with Crippen LogP contribution >= 0.6 is 0 Å². The van der Waals surface area contributed by atoms with Crippen LogP contribution in [0.2, 0.25) is 0 Å². The van der Waals surface area contributed by atoms with Crippen molar-refractivity contribution in [3.8, 4) is 5.75 Å². The Hall–Kier alpha value is -3.12. The molecule has 9 nitrogen and oxygen atoms in total. The summed E-state index contributed by atoms with van der Waals surface area (Å²) in [5.74, 6) is -0.896. The molecule has 0 radical (unpaired) electrons. The lowest BCUT2D eigenvalue weighted by atomic mass is 10.1. The molecule has 3 N–H and O–H groups in total. The van der Waals surface area contributed by atoms with Gasteiger partial charge in [0, 0.05) is 19.7 Å². The standard InChI is InChI=1S/C20H23F3N4O5/c1-31-11-13-3-2-8-27(13)19-25-15(9-17(29)26-19)18(30)24-16(10-28)12-4-6-14(7-5-12)32-20(21,22)23/h4-7,9,13,16,28H,2-3,8,10-11H2,1H3,(H,24,30)(H,25,26,29)/t13?,16-/m1/s1. The minimum absolute atomic E-state index is 0.0177. The number of alkyl halides is 3. The Bertz CT molecular complexity index is 980. The van der Waals surface area contributed by atoms with E-state index in [0.717, 1.165) is 31.0 Å². The fraction of sp³-hybridized carbons (Fsp3) is 0.450. The molecule has 0 spiro atoms. The first-order valence-electron chi connectivity index (χ1n) is 9.84. The number of hydrogen-bond acceptors (Lipinski definition) is 7. The second-order valence-electron chi connectivity index (χ2n) is 7.22. The van der Waals surface area contributed by atoms with Crippen molar-refractivity contribution in [2.75, 3.05) is 31.8 Å². The quantitative estimate of drug-likeness (QED) is 0.554. The molecule has 1 aromatic carbocycles. The van der Waals surface area contributed by atoms with E-state index in [1.807, 2.05) is 4.90 Å². The van der Waals surface area contributed by atoms with Gasteiger partial charge in [-0.1, -0.05) is 12.1 Å². The smallest absolute Gasteiger partial charge is 0.406 e. The van der Waals surface area contributed by atoms with E-state index in [-0.39, 0.29) is 17.7 Å². The Morgan fingerprint density at radius 1 is 1.38 bits per heavy atom. The van der Waals surface area contributed by atoms with E-state index in [9.17, 15) is 27.9 Å². The van der Waals surface area contributed by atoms with Crippen molar-refractivity contribution in [3.63, 3.8) is 0 Å². The third-order valence-electron chi connectivity index (χ3n) is 4.97. The van der Waals surface area contributed by atoms with Gasteiger partial charge in [0.1, 0.15) is 11.4 Å². The average Bonchev–Trinajstić information content (AvgIpc) is 3.19. The number of carbonyl (C=O) groups is 1. The highest BCUT2D eigenvalue weighted by Gasteiger charge is 2.31. The Morgan fingerprint density at radius 3 is 2.72 bits per heavy atom. The number of aromatic nitrogens is 2. The summed E-state index contributed by atoms with van der Waals surface area (Å²) in [4.78, 5) is 33.6. The number of anilines is 1. The number of ether oxygens (including phenoxy) is 2. The summed E-state index contributed by atoms with van der Waals surface area (Å²) in [5.41, 5.74) is -0.320. The average molecular weight is 456 g/mol. The van der Waals surface area contributed by atoms with Gasteiger partial charge in [-0.15, -0.1) is 13.2 Å². The van der Waals surface area contributed by atoms with Gasteiger partial charge in [-0.05, 0) is 30.5 Å². The molecule has 12 heteroatoms. The molecule has 174 valence electrons. The fourth-order valence-electron chi connectivity index (χ4n) is 3.55. The molecular weight excluding hydrogens is 433 g/mol. The molecule has 0 saturated carbocycles. The fourth-order valence-corrected chi connectivity index (χ4v) is 3.55. The zero-order valence-corrected chi connectivity index (χ0v) is 17.2. The summed E-state index contributed by atoms with van der Waals surface area (Å²) in [5, 5.41) is 12.2. The first-order chi connectivity index (χ1) is 15.2. The molecule has 1 amide bonds. The maximum atomic E-state index is 12.7. The molecule has 2 aromatic rings. The van der Waals surface area contributed by atoms with Crippen molar-refractivity contribution in [2.24, 2.45) is 0 Å². The number of aliphatic hydroxyl groups is 1. The third kappa shape index (κ3) is 5.98. The van der Waals surface area contributed by atoms with Crippen molar-refractivity contribution >= 4 is 11.9 Å². The Morgan fingerprint density at radius 2 is 2.09 bits per heavy atom. The van der Waals surface area contributed by atoms with Crippen molar-refractivity contribution in [1.29, 1.82) is 0 Å². The molecule has 0 bridgehead atoms. The summed E-state index contributed by atoms with van der Waals surface area (Å²) in [7, 11) is 1.58. The van der Waals surface area contributed by atoms with E-state index in [4.69, 9.17) is 4.74 Å². The van der Waals surface area contributed by atoms with Crippen molar-refractivity contribution < 1.29 is 32.5 Å². The van der Waals surface area contributed by atoms with Gasteiger partial charge >= 0.3 is 6.36 Å². The van der Waals surface area contributed by atoms with Crippen LogP contribution in [0.25, 0.3) is 0 Å². The van der Waals surface area contributed by atoms with Crippen molar-refractivity contribution in [1.82, 2.24) is 15.3 Å². The van der Waals surface area contributed by atoms with Gasteiger partial charge in [0.2, 0.25) is 5.95 Å². The van der Waals surface area contributed by atoms with E-state index in [2.05, 4.69) is 20.0 Å². The topological polar surface area (TPSA) is 117 Å². The number of nitrogens with zero attached hydrogens (tertiary/aromatic N) is 2. The van der Waals surface area contributed by atoms with Crippen LogP contribution in [0.5, 0.6) is 5.75 Å². The predicted molar refractivity (Wildman–Crippen MR) is 108 cm³/mol. The van der Waals surface area contributed by atoms with Crippen LogP contribution < -0.4 is 20.5 Å². The number of nitrogens with one attached hydrogen (secondary N) is 2. The highest BCUT2D eigenvalue weighted by Crippen LogP contribution is 2.25. The number of halogens is 3. The third-order valence-corrected chi connectivity index (χ3v) is 4.97. The first kappa shape index (κ1) is 23.5. The van der Waals surface area contributed by atoms with Crippen LogP contribution in [0.3, 0.4) is 0 Å². The zero-order chi connectivity index (χ0) is 23.3. The number of amides is 1.